The number of aliphatic hydroxyl groups excluding tert-OH is 5. The second-order valence-corrected chi connectivity index (χ2v) is 9.63. The molecular formula is C20H40N6O11. The second kappa shape index (κ2) is 12.8. The first-order valence-corrected chi connectivity index (χ1v) is 12.0. The van der Waals surface area contributed by atoms with Gasteiger partial charge in [0.05, 0.1) is 37.8 Å². The van der Waals surface area contributed by atoms with Crippen molar-refractivity contribution in [2.45, 2.75) is 105 Å². The Kier molecular flexibility index (Phi) is 10.5. The zero-order valence-corrected chi connectivity index (χ0v) is 20.4. The number of carbonyl (C=O) groups excluding carboxylic acids is 1. The molecule has 16 N–H and O–H groups in total. The lowest BCUT2D eigenvalue weighted by molar-refractivity contribution is -0.316. The van der Waals surface area contributed by atoms with Gasteiger partial charge < -0.3 is 73.1 Å². The molecule has 37 heavy (non-hydrogen) atoms. The van der Waals surface area contributed by atoms with Crippen LogP contribution in [-0.4, -0.2) is 137 Å². The highest BCUT2D eigenvalue weighted by Gasteiger charge is 2.51. The lowest BCUT2D eigenvalue weighted by Gasteiger charge is -2.48. The van der Waals surface area contributed by atoms with Crippen molar-refractivity contribution < 1.29 is 54.1 Å². The van der Waals surface area contributed by atoms with Crippen molar-refractivity contribution in [3.8, 4) is 0 Å². The number of nitrogens with one attached hydrogen (secondary N) is 1. The molecule has 3 rings (SSSR count). The van der Waals surface area contributed by atoms with E-state index in [9.17, 15) is 30.3 Å². The van der Waals surface area contributed by atoms with E-state index in [-0.39, 0.29) is 19.4 Å². The van der Waals surface area contributed by atoms with Crippen LogP contribution in [0.5, 0.6) is 0 Å². The lowest BCUT2D eigenvalue weighted by atomic mass is 9.84. The van der Waals surface area contributed by atoms with E-state index in [1.807, 2.05) is 0 Å². The molecule has 1 aliphatic carbocycles. The Labute approximate surface area is 213 Å². The molecule has 1 saturated carbocycles. The Hall–Kier alpha value is -1.13. The fraction of sp³-hybridized carbons (Fsp3) is 0.950. The van der Waals surface area contributed by atoms with E-state index in [0.717, 1.165) is 0 Å². The van der Waals surface area contributed by atoms with Crippen molar-refractivity contribution >= 4 is 5.91 Å². The van der Waals surface area contributed by atoms with Gasteiger partial charge in [0.15, 0.2) is 12.6 Å². The molecule has 17 heteroatoms. The van der Waals surface area contributed by atoms with Gasteiger partial charge in [0, 0.05) is 18.6 Å². The molecule has 0 bridgehead atoms. The summed E-state index contributed by atoms with van der Waals surface area (Å²) < 4.78 is 22.8. The topological polar surface area (TPSA) is 306 Å². The molecule has 216 valence electrons. The summed E-state index contributed by atoms with van der Waals surface area (Å²) >= 11 is 0. The van der Waals surface area contributed by atoms with E-state index in [0.29, 0.717) is 0 Å². The van der Waals surface area contributed by atoms with Gasteiger partial charge in [-0.3, -0.25) is 9.63 Å². The van der Waals surface area contributed by atoms with Crippen molar-refractivity contribution in [1.82, 2.24) is 5.48 Å². The number of aliphatic hydroxyl groups is 5. The van der Waals surface area contributed by atoms with Crippen molar-refractivity contribution in [3.63, 3.8) is 0 Å². The second-order valence-electron chi connectivity index (χ2n) is 9.63. The van der Waals surface area contributed by atoms with Crippen LogP contribution in [0.1, 0.15) is 12.8 Å². The van der Waals surface area contributed by atoms with Crippen LogP contribution in [0.4, 0.5) is 0 Å². The van der Waals surface area contributed by atoms with Crippen LogP contribution in [0.3, 0.4) is 0 Å². The largest absolute Gasteiger partial charge is 0.389 e. The Morgan fingerprint density at radius 1 is 0.811 bits per heavy atom. The van der Waals surface area contributed by atoms with E-state index in [2.05, 4.69) is 10.3 Å². The van der Waals surface area contributed by atoms with Crippen molar-refractivity contribution in [3.05, 3.63) is 0 Å². The molecule has 17 nitrogen and oxygen atoms in total. The summed E-state index contributed by atoms with van der Waals surface area (Å²) in [7, 11) is 1.23. The molecule has 0 aromatic rings. The SMILES string of the molecule is CONC(=O)CC1OC(OC2C(N)CC(N)C(OC3OC(CN)C(O)C(O)C3N)C2O)C(O)C(N)C1O. The van der Waals surface area contributed by atoms with Gasteiger partial charge in [0.25, 0.3) is 0 Å². The minimum atomic E-state index is -1.54. The maximum Gasteiger partial charge on any atom is 0.246 e. The minimum Gasteiger partial charge on any atom is -0.389 e. The number of nitrogens with two attached hydrogens (primary N) is 5. The van der Waals surface area contributed by atoms with E-state index < -0.39 is 97.6 Å². The van der Waals surface area contributed by atoms with Gasteiger partial charge in [-0.25, -0.2) is 5.48 Å². The van der Waals surface area contributed by atoms with Gasteiger partial charge in [-0.2, -0.15) is 0 Å². The summed E-state index contributed by atoms with van der Waals surface area (Å²) in [5.41, 5.74) is 31.9. The number of rotatable bonds is 8. The van der Waals surface area contributed by atoms with Crippen LogP contribution in [-0.2, 0) is 28.6 Å². The molecule has 0 aromatic heterocycles. The summed E-state index contributed by atoms with van der Waals surface area (Å²) in [6, 6.07) is -4.09. The molecule has 1 amide bonds. The van der Waals surface area contributed by atoms with Crippen LogP contribution in [0.25, 0.3) is 0 Å². The summed E-state index contributed by atoms with van der Waals surface area (Å²) in [6.07, 6.45) is -14.7. The predicted octanol–water partition coefficient (Wildman–Crippen LogP) is -7.25. The molecule has 2 aliphatic heterocycles. The lowest BCUT2D eigenvalue weighted by Crippen LogP contribution is -2.69. The van der Waals surface area contributed by atoms with E-state index in [1.165, 1.54) is 7.11 Å². The third-order valence-corrected chi connectivity index (χ3v) is 6.98. The van der Waals surface area contributed by atoms with Crippen molar-refractivity contribution in [2.24, 2.45) is 28.7 Å². The third-order valence-electron chi connectivity index (χ3n) is 6.98. The quantitative estimate of drug-likeness (QED) is 0.127. The minimum absolute atomic E-state index is 0.0943. The summed E-state index contributed by atoms with van der Waals surface area (Å²) in [6.45, 7) is -0.132. The number of hydrogen-bond donors (Lipinski definition) is 11. The number of amides is 1. The number of hydroxylamine groups is 1. The molecule has 2 saturated heterocycles. The maximum atomic E-state index is 11.9. The zero-order chi connectivity index (χ0) is 27.6. The van der Waals surface area contributed by atoms with E-state index >= 15 is 0 Å². The fourth-order valence-corrected chi connectivity index (χ4v) is 4.80. The average Bonchev–Trinajstić information content (AvgIpc) is 2.85. The molecule has 0 radical (unpaired) electrons. The first-order chi connectivity index (χ1) is 17.4. The summed E-state index contributed by atoms with van der Waals surface area (Å²) in [5.74, 6) is -0.616. The predicted molar refractivity (Wildman–Crippen MR) is 122 cm³/mol. The Bertz CT molecular complexity index is 756. The Morgan fingerprint density at radius 2 is 1.38 bits per heavy atom. The van der Waals surface area contributed by atoms with E-state index in [4.69, 9.17) is 47.6 Å². The molecular weight excluding hydrogens is 500 g/mol. The first kappa shape index (κ1) is 30.4. The number of carbonyl (C=O) groups is 1. The Balaban J connectivity index is 1.72. The van der Waals surface area contributed by atoms with Gasteiger partial charge in [-0.15, -0.1) is 0 Å². The van der Waals surface area contributed by atoms with Crippen LogP contribution >= 0.6 is 0 Å². The van der Waals surface area contributed by atoms with Gasteiger partial charge in [0.1, 0.15) is 42.7 Å². The molecule has 0 spiro atoms. The van der Waals surface area contributed by atoms with Gasteiger partial charge in [0.2, 0.25) is 5.91 Å². The van der Waals surface area contributed by atoms with Gasteiger partial charge in [-0.05, 0) is 6.42 Å². The number of ether oxygens (including phenoxy) is 4. The monoisotopic (exact) mass is 540 g/mol. The fourth-order valence-electron chi connectivity index (χ4n) is 4.80. The highest BCUT2D eigenvalue weighted by atomic mass is 16.7. The van der Waals surface area contributed by atoms with Crippen LogP contribution < -0.4 is 34.1 Å². The third kappa shape index (κ3) is 6.55. The van der Waals surface area contributed by atoms with Gasteiger partial charge >= 0.3 is 0 Å². The maximum absolute atomic E-state index is 11.9. The molecule has 15 unspecified atom stereocenters. The van der Waals surface area contributed by atoms with Crippen molar-refractivity contribution in [1.29, 1.82) is 0 Å². The van der Waals surface area contributed by atoms with Crippen LogP contribution in [0, 0.1) is 0 Å². The summed E-state index contributed by atoms with van der Waals surface area (Å²) in [5, 5.41) is 52.3. The van der Waals surface area contributed by atoms with Crippen LogP contribution in [0.2, 0.25) is 0 Å². The molecule has 3 aliphatic rings. The van der Waals surface area contributed by atoms with Crippen molar-refractivity contribution in [2.75, 3.05) is 13.7 Å². The van der Waals surface area contributed by atoms with Crippen LogP contribution in [0.15, 0.2) is 0 Å². The first-order valence-electron chi connectivity index (χ1n) is 12.0. The number of hydrogen-bond acceptors (Lipinski definition) is 16. The molecule has 0 aromatic carbocycles. The smallest absolute Gasteiger partial charge is 0.246 e. The molecule has 2 heterocycles. The average molecular weight is 541 g/mol. The Morgan fingerprint density at radius 3 is 1.95 bits per heavy atom. The van der Waals surface area contributed by atoms with Gasteiger partial charge in [-0.1, -0.05) is 0 Å². The normalized spacial score (nSPS) is 49.0. The molecule has 15 atom stereocenters. The highest BCUT2D eigenvalue weighted by molar-refractivity contribution is 5.75. The highest BCUT2D eigenvalue weighted by Crippen LogP contribution is 2.31. The standard InChI is InChI=1S/C20H40N6O11/c1-33-26-9(27)3-7-12(28)10(24)15(31)20(34-7)37-18-6(23)2-5(22)17(16(18)32)36-19-11(25)14(30)13(29)8(4-21)35-19/h5-8,10-20,28-32H,2-4,21-25H2,1H3,(H,26,27). The summed E-state index contributed by atoms with van der Waals surface area (Å²) in [4.78, 5) is 16.4. The zero-order valence-electron chi connectivity index (χ0n) is 20.4. The molecule has 3 fully saturated rings. The van der Waals surface area contributed by atoms with E-state index in [1.54, 1.807) is 0 Å².